The first kappa shape index (κ1) is 9.83. The van der Waals surface area contributed by atoms with Crippen LogP contribution in [0.25, 0.3) is 9.88 Å². The Morgan fingerprint density at radius 3 is 2.71 bits per heavy atom. The Morgan fingerprint density at radius 2 is 2.21 bits per heavy atom. The zero-order chi connectivity index (χ0) is 10.1. The Bertz CT molecular complexity index is 431. The largest absolute Gasteiger partial charge is 0.387 e. The summed E-state index contributed by atoms with van der Waals surface area (Å²) in [6, 6.07) is 4.16. The van der Waals surface area contributed by atoms with E-state index in [-0.39, 0.29) is 0 Å². The summed E-state index contributed by atoms with van der Waals surface area (Å²) in [6.45, 7) is 3.82. The molecular weight excluding hydrogens is 214 g/mol. The Morgan fingerprint density at radius 1 is 1.43 bits per heavy atom. The van der Waals surface area contributed by atoms with Crippen molar-refractivity contribution in [1.82, 2.24) is 4.98 Å². The molecule has 0 saturated heterocycles. The highest BCUT2D eigenvalue weighted by atomic mass is 32.1. The topological polar surface area (TPSA) is 33.1 Å². The van der Waals surface area contributed by atoms with E-state index < -0.39 is 6.10 Å². The van der Waals surface area contributed by atoms with Crippen LogP contribution in [0.3, 0.4) is 0 Å². The third kappa shape index (κ3) is 1.87. The normalized spacial score (nSPS) is 13.1. The van der Waals surface area contributed by atoms with Crippen molar-refractivity contribution in [2.75, 3.05) is 0 Å². The van der Waals surface area contributed by atoms with Crippen LogP contribution in [0.4, 0.5) is 0 Å². The zero-order valence-electron chi connectivity index (χ0n) is 8.02. The van der Waals surface area contributed by atoms with E-state index in [1.165, 1.54) is 9.75 Å². The maximum absolute atomic E-state index is 9.34. The molecule has 2 heterocycles. The van der Waals surface area contributed by atoms with E-state index in [1.54, 1.807) is 29.6 Å². The molecule has 0 radical (unpaired) electrons. The molecule has 4 heteroatoms. The van der Waals surface area contributed by atoms with E-state index in [4.69, 9.17) is 0 Å². The SMILES string of the molecule is Cc1ccc(-c2nc(C(C)O)cs2)s1. The maximum Gasteiger partial charge on any atom is 0.133 e. The molecule has 0 saturated carbocycles. The third-order valence-corrected chi connectivity index (χ3v) is 3.93. The minimum absolute atomic E-state index is 0.471. The average Bonchev–Trinajstić information content (AvgIpc) is 2.70. The summed E-state index contributed by atoms with van der Waals surface area (Å²) in [5.41, 5.74) is 0.760. The molecule has 2 aromatic heterocycles. The molecule has 1 unspecified atom stereocenters. The summed E-state index contributed by atoms with van der Waals surface area (Å²) in [4.78, 5) is 6.84. The highest BCUT2D eigenvalue weighted by molar-refractivity contribution is 7.21. The van der Waals surface area contributed by atoms with Gasteiger partial charge in [0.1, 0.15) is 5.01 Å². The van der Waals surface area contributed by atoms with Crippen LogP contribution in [-0.4, -0.2) is 10.1 Å². The number of rotatable bonds is 2. The molecule has 1 atom stereocenters. The van der Waals surface area contributed by atoms with Gasteiger partial charge in [-0.3, -0.25) is 0 Å². The van der Waals surface area contributed by atoms with E-state index in [9.17, 15) is 5.11 Å². The van der Waals surface area contributed by atoms with Crippen molar-refractivity contribution in [1.29, 1.82) is 0 Å². The van der Waals surface area contributed by atoms with Gasteiger partial charge in [-0.25, -0.2) is 4.98 Å². The number of aryl methyl sites for hydroxylation is 1. The van der Waals surface area contributed by atoms with Crippen LogP contribution in [-0.2, 0) is 0 Å². The van der Waals surface area contributed by atoms with Crippen molar-refractivity contribution >= 4 is 22.7 Å². The van der Waals surface area contributed by atoms with Crippen molar-refractivity contribution in [3.8, 4) is 9.88 Å². The Hall–Kier alpha value is -0.710. The fourth-order valence-electron chi connectivity index (χ4n) is 1.14. The fraction of sp³-hybridized carbons (Fsp3) is 0.300. The molecule has 0 fully saturated rings. The lowest BCUT2D eigenvalue weighted by atomic mass is 10.3. The molecule has 0 amide bonds. The van der Waals surface area contributed by atoms with E-state index in [0.717, 1.165) is 10.7 Å². The summed E-state index contributed by atoms with van der Waals surface area (Å²) < 4.78 is 0. The predicted molar refractivity (Wildman–Crippen MR) is 60.8 cm³/mol. The van der Waals surface area contributed by atoms with E-state index in [2.05, 4.69) is 24.0 Å². The van der Waals surface area contributed by atoms with Crippen molar-refractivity contribution in [2.45, 2.75) is 20.0 Å². The number of hydrogen-bond donors (Lipinski definition) is 1. The maximum atomic E-state index is 9.34. The Labute approximate surface area is 90.9 Å². The first-order valence-corrected chi connectivity index (χ1v) is 6.07. The number of aliphatic hydroxyl groups is 1. The van der Waals surface area contributed by atoms with Crippen molar-refractivity contribution in [3.63, 3.8) is 0 Å². The second-order valence-corrected chi connectivity index (χ2v) is 5.31. The van der Waals surface area contributed by atoms with Gasteiger partial charge >= 0.3 is 0 Å². The molecule has 2 nitrogen and oxygen atoms in total. The number of hydrogen-bond acceptors (Lipinski definition) is 4. The van der Waals surface area contributed by atoms with Gasteiger partial charge in [0.05, 0.1) is 16.7 Å². The van der Waals surface area contributed by atoms with Gasteiger partial charge in [-0.2, -0.15) is 0 Å². The second-order valence-electron chi connectivity index (χ2n) is 3.16. The lowest BCUT2D eigenvalue weighted by Crippen LogP contribution is -1.89. The fourth-order valence-corrected chi connectivity index (χ4v) is 2.99. The van der Waals surface area contributed by atoms with E-state index in [1.807, 2.05) is 5.38 Å². The number of thiazole rings is 1. The minimum atomic E-state index is -0.471. The smallest absolute Gasteiger partial charge is 0.133 e. The van der Waals surface area contributed by atoms with Gasteiger partial charge in [-0.1, -0.05) is 0 Å². The summed E-state index contributed by atoms with van der Waals surface area (Å²) in [5.74, 6) is 0. The molecule has 2 aromatic rings. The summed E-state index contributed by atoms with van der Waals surface area (Å²) in [7, 11) is 0. The average molecular weight is 225 g/mol. The van der Waals surface area contributed by atoms with Crippen LogP contribution >= 0.6 is 22.7 Å². The number of aromatic nitrogens is 1. The number of aliphatic hydroxyl groups excluding tert-OH is 1. The summed E-state index contributed by atoms with van der Waals surface area (Å²) in [6.07, 6.45) is -0.471. The zero-order valence-corrected chi connectivity index (χ0v) is 9.65. The van der Waals surface area contributed by atoms with Crippen molar-refractivity contribution in [2.24, 2.45) is 0 Å². The van der Waals surface area contributed by atoms with Crippen LogP contribution in [0.15, 0.2) is 17.5 Å². The van der Waals surface area contributed by atoms with Gasteiger partial charge in [0.25, 0.3) is 0 Å². The molecule has 0 aliphatic heterocycles. The highest BCUT2D eigenvalue weighted by Gasteiger charge is 2.09. The van der Waals surface area contributed by atoms with Gasteiger partial charge in [0.15, 0.2) is 0 Å². The number of nitrogens with zero attached hydrogens (tertiary/aromatic N) is 1. The molecule has 1 N–H and O–H groups in total. The van der Waals surface area contributed by atoms with Crippen LogP contribution < -0.4 is 0 Å². The molecule has 0 aliphatic carbocycles. The highest BCUT2D eigenvalue weighted by Crippen LogP contribution is 2.31. The molecule has 2 rings (SSSR count). The van der Waals surface area contributed by atoms with E-state index >= 15 is 0 Å². The predicted octanol–water partition coefficient (Wildman–Crippen LogP) is 3.23. The van der Waals surface area contributed by atoms with Gasteiger partial charge in [-0.15, -0.1) is 22.7 Å². The molecule has 14 heavy (non-hydrogen) atoms. The monoisotopic (exact) mass is 225 g/mol. The summed E-state index contributed by atoms with van der Waals surface area (Å²) >= 11 is 3.32. The van der Waals surface area contributed by atoms with Crippen LogP contribution in [0.1, 0.15) is 23.6 Å². The van der Waals surface area contributed by atoms with Crippen molar-refractivity contribution < 1.29 is 5.11 Å². The molecule has 0 aromatic carbocycles. The third-order valence-electron chi connectivity index (χ3n) is 1.90. The first-order chi connectivity index (χ1) is 6.66. The summed E-state index contributed by atoms with van der Waals surface area (Å²) in [5, 5.41) is 12.2. The second kappa shape index (κ2) is 3.81. The standard InChI is InChI=1S/C10H11NOS2/c1-6-3-4-9(14-6)10-11-8(5-13-10)7(2)12/h3-5,7,12H,1-2H3. The van der Waals surface area contributed by atoms with Crippen molar-refractivity contribution in [3.05, 3.63) is 28.1 Å². The van der Waals surface area contributed by atoms with Crippen LogP contribution in [0.2, 0.25) is 0 Å². The van der Waals surface area contributed by atoms with Crippen LogP contribution in [0, 0.1) is 6.92 Å². The molecule has 0 aliphatic rings. The lowest BCUT2D eigenvalue weighted by Gasteiger charge is -1.95. The number of thiophene rings is 1. The molecule has 0 spiro atoms. The van der Waals surface area contributed by atoms with Gasteiger partial charge in [-0.05, 0) is 26.0 Å². The van der Waals surface area contributed by atoms with E-state index in [0.29, 0.717) is 0 Å². The minimum Gasteiger partial charge on any atom is -0.387 e. The Balaban J connectivity index is 2.33. The Kier molecular flexibility index (Phi) is 2.67. The molecular formula is C10H11NOS2. The van der Waals surface area contributed by atoms with Crippen LogP contribution in [0.5, 0.6) is 0 Å². The van der Waals surface area contributed by atoms with Gasteiger partial charge < -0.3 is 5.11 Å². The lowest BCUT2D eigenvalue weighted by molar-refractivity contribution is 0.195. The molecule has 74 valence electrons. The van der Waals surface area contributed by atoms with Gasteiger partial charge in [0, 0.05) is 10.3 Å². The first-order valence-electron chi connectivity index (χ1n) is 4.37. The van der Waals surface area contributed by atoms with Gasteiger partial charge in [0.2, 0.25) is 0 Å². The quantitative estimate of drug-likeness (QED) is 0.851. The molecule has 0 bridgehead atoms.